The standard InChI is InChI=1S/C13H12ClN3O5S2/c1-7(18)15-11-3-2-9(5-10(11)14)24(21,22)17-13-16-8(6-23-13)4-12(19)20/h2-3,5-6H,4H2,1H3,(H,15,18)(H,16,17)(H,19,20). The fraction of sp³-hybridized carbons (Fsp3) is 0.154. The van der Waals surface area contributed by atoms with E-state index in [9.17, 15) is 18.0 Å². The first-order valence-electron chi connectivity index (χ1n) is 6.43. The number of rotatable bonds is 6. The summed E-state index contributed by atoms with van der Waals surface area (Å²) in [6.07, 6.45) is -0.296. The minimum absolute atomic E-state index is 0.0494. The van der Waals surface area contributed by atoms with Crippen LogP contribution in [0.2, 0.25) is 5.02 Å². The number of hydrogen-bond acceptors (Lipinski definition) is 6. The largest absolute Gasteiger partial charge is 0.481 e. The molecule has 0 atom stereocenters. The summed E-state index contributed by atoms with van der Waals surface area (Å²) in [6.45, 7) is 1.31. The topological polar surface area (TPSA) is 125 Å². The van der Waals surface area contributed by atoms with E-state index in [1.807, 2.05) is 0 Å². The number of anilines is 2. The number of carboxylic acids is 1. The van der Waals surface area contributed by atoms with Gasteiger partial charge in [0.25, 0.3) is 10.0 Å². The fourth-order valence-corrected chi connectivity index (χ4v) is 4.00. The molecule has 0 saturated carbocycles. The summed E-state index contributed by atoms with van der Waals surface area (Å²) >= 11 is 6.93. The maximum atomic E-state index is 12.3. The summed E-state index contributed by atoms with van der Waals surface area (Å²) in [7, 11) is -3.94. The highest BCUT2D eigenvalue weighted by Gasteiger charge is 2.18. The first-order chi connectivity index (χ1) is 11.2. The zero-order chi connectivity index (χ0) is 17.9. The number of amides is 1. The van der Waals surface area contributed by atoms with E-state index in [0.29, 0.717) is 5.69 Å². The number of nitrogens with one attached hydrogen (secondary N) is 2. The van der Waals surface area contributed by atoms with Crippen molar-refractivity contribution in [1.82, 2.24) is 4.98 Å². The van der Waals surface area contributed by atoms with E-state index in [1.165, 1.54) is 30.5 Å². The summed E-state index contributed by atoms with van der Waals surface area (Å²) < 4.78 is 26.9. The number of sulfonamides is 1. The lowest BCUT2D eigenvalue weighted by atomic mass is 10.3. The van der Waals surface area contributed by atoms with Crippen LogP contribution in [0.4, 0.5) is 10.8 Å². The maximum absolute atomic E-state index is 12.3. The molecule has 2 aromatic rings. The number of thiazole rings is 1. The molecule has 1 aromatic heterocycles. The quantitative estimate of drug-likeness (QED) is 0.695. The average molecular weight is 390 g/mol. The summed E-state index contributed by atoms with van der Waals surface area (Å²) in [6, 6.07) is 3.85. The van der Waals surface area contributed by atoms with Crippen molar-refractivity contribution in [3.63, 3.8) is 0 Å². The molecule has 0 aliphatic carbocycles. The molecule has 1 heterocycles. The van der Waals surface area contributed by atoms with Gasteiger partial charge >= 0.3 is 5.97 Å². The number of aromatic nitrogens is 1. The van der Waals surface area contributed by atoms with Gasteiger partial charge in [-0.15, -0.1) is 11.3 Å². The van der Waals surface area contributed by atoms with E-state index >= 15 is 0 Å². The van der Waals surface area contributed by atoms with Gasteiger partial charge in [-0.05, 0) is 18.2 Å². The Balaban J connectivity index is 2.21. The molecule has 11 heteroatoms. The van der Waals surface area contributed by atoms with E-state index in [2.05, 4.69) is 15.0 Å². The fourth-order valence-electron chi connectivity index (χ4n) is 1.72. The van der Waals surface area contributed by atoms with Gasteiger partial charge in [0.2, 0.25) is 5.91 Å². The molecule has 1 aromatic carbocycles. The van der Waals surface area contributed by atoms with Gasteiger partial charge in [-0.25, -0.2) is 13.4 Å². The van der Waals surface area contributed by atoms with Gasteiger partial charge in [-0.2, -0.15) is 0 Å². The average Bonchev–Trinajstić information content (AvgIpc) is 2.86. The monoisotopic (exact) mass is 389 g/mol. The van der Waals surface area contributed by atoms with Crippen molar-refractivity contribution < 1.29 is 23.1 Å². The molecule has 0 fully saturated rings. The van der Waals surface area contributed by atoms with Gasteiger partial charge in [-0.1, -0.05) is 11.6 Å². The molecule has 2 rings (SSSR count). The Labute approximate surface area is 146 Å². The molecule has 0 aliphatic heterocycles. The molecule has 1 amide bonds. The number of hydrogen-bond donors (Lipinski definition) is 3. The van der Waals surface area contributed by atoms with E-state index in [4.69, 9.17) is 16.7 Å². The Morgan fingerprint density at radius 2 is 2.08 bits per heavy atom. The molecule has 0 saturated heterocycles. The molecule has 0 radical (unpaired) electrons. The molecule has 128 valence electrons. The molecule has 0 aliphatic rings. The molecule has 8 nitrogen and oxygen atoms in total. The smallest absolute Gasteiger partial charge is 0.309 e. The number of carbonyl (C=O) groups is 2. The van der Waals surface area contributed by atoms with Gasteiger partial charge in [0, 0.05) is 12.3 Å². The number of benzene rings is 1. The van der Waals surface area contributed by atoms with Gasteiger partial charge in [-0.3, -0.25) is 14.3 Å². The Kier molecular flexibility index (Phi) is 5.42. The van der Waals surface area contributed by atoms with Crippen molar-refractivity contribution in [2.24, 2.45) is 0 Å². The van der Waals surface area contributed by atoms with E-state index in [-0.39, 0.29) is 33.1 Å². The Morgan fingerprint density at radius 1 is 1.38 bits per heavy atom. The molecule has 0 unspecified atom stereocenters. The maximum Gasteiger partial charge on any atom is 0.309 e. The van der Waals surface area contributed by atoms with Crippen LogP contribution in [0.25, 0.3) is 0 Å². The second-order valence-corrected chi connectivity index (χ2v) is 7.59. The van der Waals surface area contributed by atoms with Crippen LogP contribution in [0, 0.1) is 0 Å². The summed E-state index contributed by atoms with van der Waals surface area (Å²) in [4.78, 5) is 25.4. The van der Waals surface area contributed by atoms with Crippen LogP contribution < -0.4 is 10.0 Å². The molecule has 3 N–H and O–H groups in total. The number of aliphatic carboxylic acids is 1. The van der Waals surface area contributed by atoms with Crippen LogP contribution in [0.1, 0.15) is 12.6 Å². The molecular weight excluding hydrogens is 378 g/mol. The summed E-state index contributed by atoms with van der Waals surface area (Å²) in [5.74, 6) is -1.39. The van der Waals surface area contributed by atoms with E-state index < -0.39 is 16.0 Å². The third kappa shape index (κ3) is 4.66. The third-order valence-corrected chi connectivity index (χ3v) is 5.25. The lowest BCUT2D eigenvalue weighted by Crippen LogP contribution is -2.13. The molecule has 24 heavy (non-hydrogen) atoms. The van der Waals surface area contributed by atoms with Gasteiger partial charge in [0.15, 0.2) is 5.13 Å². The minimum Gasteiger partial charge on any atom is -0.481 e. The number of carboxylic acid groups (broad SMARTS) is 1. The summed E-state index contributed by atoms with van der Waals surface area (Å²) in [5.41, 5.74) is 0.547. The van der Waals surface area contributed by atoms with Gasteiger partial charge < -0.3 is 10.4 Å². The highest BCUT2D eigenvalue weighted by molar-refractivity contribution is 7.93. The predicted molar refractivity (Wildman–Crippen MR) is 90.0 cm³/mol. The van der Waals surface area contributed by atoms with Crippen molar-refractivity contribution in [2.75, 3.05) is 10.0 Å². The first kappa shape index (κ1) is 18.2. The minimum atomic E-state index is -3.94. The second-order valence-electron chi connectivity index (χ2n) is 4.64. The number of nitrogens with zero attached hydrogens (tertiary/aromatic N) is 1. The van der Waals surface area contributed by atoms with Crippen LogP contribution in [-0.4, -0.2) is 30.4 Å². The second kappa shape index (κ2) is 7.16. The Hall–Kier alpha value is -2.17. The van der Waals surface area contributed by atoms with Crippen molar-refractivity contribution in [3.8, 4) is 0 Å². The number of halogens is 1. The SMILES string of the molecule is CC(=O)Nc1ccc(S(=O)(=O)Nc2nc(CC(=O)O)cs2)cc1Cl. The highest BCUT2D eigenvalue weighted by atomic mass is 35.5. The lowest BCUT2D eigenvalue weighted by Gasteiger charge is -2.09. The number of carbonyl (C=O) groups excluding carboxylic acids is 1. The first-order valence-corrected chi connectivity index (χ1v) is 9.17. The Morgan fingerprint density at radius 3 is 2.67 bits per heavy atom. The normalized spacial score (nSPS) is 11.1. The molecule has 0 bridgehead atoms. The third-order valence-electron chi connectivity index (χ3n) is 2.67. The van der Waals surface area contributed by atoms with Crippen LogP contribution in [0.15, 0.2) is 28.5 Å². The van der Waals surface area contributed by atoms with Crippen LogP contribution >= 0.6 is 22.9 Å². The van der Waals surface area contributed by atoms with Crippen molar-refractivity contribution in [2.45, 2.75) is 18.2 Å². The predicted octanol–water partition coefficient (Wildman–Crippen LogP) is 2.18. The zero-order valence-electron chi connectivity index (χ0n) is 12.2. The van der Waals surface area contributed by atoms with Gasteiger partial charge in [0.05, 0.1) is 27.7 Å². The molecular formula is C13H12ClN3O5S2. The van der Waals surface area contributed by atoms with Crippen molar-refractivity contribution in [1.29, 1.82) is 0 Å². The van der Waals surface area contributed by atoms with Gasteiger partial charge in [0.1, 0.15) is 0 Å². The van der Waals surface area contributed by atoms with Crippen LogP contribution in [-0.2, 0) is 26.0 Å². The Bertz CT molecular complexity index is 895. The van der Waals surface area contributed by atoms with E-state index in [1.54, 1.807) is 0 Å². The zero-order valence-corrected chi connectivity index (χ0v) is 14.6. The summed E-state index contributed by atoms with van der Waals surface area (Å²) in [5, 5.41) is 12.7. The van der Waals surface area contributed by atoms with Crippen LogP contribution in [0.3, 0.4) is 0 Å². The molecule has 0 spiro atoms. The lowest BCUT2D eigenvalue weighted by molar-refractivity contribution is -0.136. The highest BCUT2D eigenvalue weighted by Crippen LogP contribution is 2.27. The van der Waals surface area contributed by atoms with Crippen molar-refractivity contribution in [3.05, 3.63) is 34.3 Å². The van der Waals surface area contributed by atoms with E-state index in [0.717, 1.165) is 11.3 Å². The van der Waals surface area contributed by atoms with Crippen molar-refractivity contribution >= 4 is 55.7 Å². The van der Waals surface area contributed by atoms with Crippen LogP contribution in [0.5, 0.6) is 0 Å².